The van der Waals surface area contributed by atoms with E-state index in [1.54, 1.807) is 7.11 Å². The van der Waals surface area contributed by atoms with Crippen LogP contribution >= 0.6 is 0 Å². The van der Waals surface area contributed by atoms with E-state index in [2.05, 4.69) is 47.9 Å². The van der Waals surface area contributed by atoms with Crippen molar-refractivity contribution in [1.29, 1.82) is 0 Å². The lowest BCUT2D eigenvalue weighted by Crippen LogP contribution is -2.49. The summed E-state index contributed by atoms with van der Waals surface area (Å²) < 4.78 is 11.2. The first kappa shape index (κ1) is 20.6. The molecule has 0 aromatic heterocycles. The molecule has 2 aliphatic carbocycles. The molecule has 5 nitrogen and oxygen atoms in total. The van der Waals surface area contributed by atoms with Gasteiger partial charge in [-0.1, -0.05) is 24.6 Å². The number of hydrogen-bond donors (Lipinski definition) is 0. The summed E-state index contributed by atoms with van der Waals surface area (Å²) in [5.74, 6) is 1.08. The fraction of sp³-hybridized carbons (Fsp3) is 0.577. The molecule has 166 valence electrons. The molecule has 2 heterocycles. The van der Waals surface area contributed by atoms with Crippen molar-refractivity contribution >= 4 is 11.7 Å². The third kappa shape index (κ3) is 3.78. The molecule has 2 fully saturated rings. The van der Waals surface area contributed by atoms with Crippen LogP contribution in [0.2, 0.25) is 0 Å². The maximum absolute atomic E-state index is 12.8. The minimum absolute atomic E-state index is 0.00770. The number of hydrogen-bond acceptors (Lipinski definition) is 5. The van der Waals surface area contributed by atoms with Crippen molar-refractivity contribution in [2.75, 3.05) is 44.7 Å². The molecular weight excluding hydrogens is 388 g/mol. The van der Waals surface area contributed by atoms with Crippen LogP contribution in [-0.2, 0) is 9.53 Å². The van der Waals surface area contributed by atoms with Gasteiger partial charge in [-0.2, -0.15) is 0 Å². The molecule has 1 aromatic rings. The van der Waals surface area contributed by atoms with E-state index in [1.807, 2.05) is 12.1 Å². The predicted molar refractivity (Wildman–Crippen MR) is 122 cm³/mol. The number of benzene rings is 1. The molecule has 0 amide bonds. The quantitative estimate of drug-likeness (QED) is 0.685. The van der Waals surface area contributed by atoms with Crippen LogP contribution in [-0.4, -0.2) is 56.8 Å². The van der Waals surface area contributed by atoms with Gasteiger partial charge in [0.05, 0.1) is 13.0 Å². The second kappa shape index (κ2) is 8.01. The zero-order valence-corrected chi connectivity index (χ0v) is 19.0. The van der Waals surface area contributed by atoms with Crippen molar-refractivity contribution in [2.45, 2.75) is 39.2 Å². The van der Waals surface area contributed by atoms with E-state index in [1.165, 1.54) is 16.8 Å². The van der Waals surface area contributed by atoms with E-state index in [0.717, 1.165) is 57.7 Å². The zero-order valence-electron chi connectivity index (χ0n) is 19.0. The van der Waals surface area contributed by atoms with E-state index in [0.29, 0.717) is 0 Å². The average molecular weight is 423 g/mol. The van der Waals surface area contributed by atoms with Gasteiger partial charge < -0.3 is 14.4 Å². The molecule has 4 aliphatic rings. The molecule has 0 unspecified atom stereocenters. The molecule has 5 heteroatoms. The summed E-state index contributed by atoms with van der Waals surface area (Å²) in [6.45, 7) is 9.28. The fourth-order valence-corrected chi connectivity index (χ4v) is 6.10. The summed E-state index contributed by atoms with van der Waals surface area (Å²) >= 11 is 0. The number of allylic oxidation sites excluding steroid dienone is 3. The smallest absolute Gasteiger partial charge is 0.311 e. The Kier molecular flexibility index (Phi) is 5.33. The molecule has 0 saturated carbocycles. The highest BCUT2D eigenvalue weighted by Crippen LogP contribution is 2.52. The summed E-state index contributed by atoms with van der Waals surface area (Å²) in [5.41, 5.74) is 4.27. The first-order valence-corrected chi connectivity index (χ1v) is 11.7. The number of ether oxygens (including phenoxy) is 2. The summed E-state index contributed by atoms with van der Waals surface area (Å²) in [5, 5.41) is 0. The third-order valence-electron chi connectivity index (χ3n) is 7.96. The van der Waals surface area contributed by atoms with Crippen molar-refractivity contribution in [3.63, 3.8) is 0 Å². The number of anilines is 1. The third-order valence-corrected chi connectivity index (χ3v) is 7.96. The van der Waals surface area contributed by atoms with Crippen molar-refractivity contribution in [3.05, 3.63) is 47.6 Å². The number of nitrogens with zero attached hydrogens (tertiary/aromatic N) is 2. The van der Waals surface area contributed by atoms with Crippen LogP contribution in [0.4, 0.5) is 5.69 Å². The number of piperazine rings is 1. The molecular formula is C26H34N2O3. The number of esters is 1. The Balaban J connectivity index is 1.25. The Labute approximate surface area is 185 Å². The zero-order chi connectivity index (χ0) is 21.6. The molecule has 4 atom stereocenters. The van der Waals surface area contributed by atoms with Gasteiger partial charge in [-0.05, 0) is 61.4 Å². The average Bonchev–Trinajstić information content (AvgIpc) is 3.06. The van der Waals surface area contributed by atoms with Gasteiger partial charge in [0.1, 0.15) is 11.9 Å². The molecule has 1 aromatic carbocycles. The Morgan fingerprint density at radius 1 is 1.16 bits per heavy atom. The van der Waals surface area contributed by atoms with Crippen molar-refractivity contribution < 1.29 is 14.3 Å². The molecule has 0 N–H and O–H groups in total. The number of rotatable bonds is 4. The summed E-state index contributed by atoms with van der Waals surface area (Å²) in [4.78, 5) is 17.7. The second-order valence-electron chi connectivity index (χ2n) is 9.92. The van der Waals surface area contributed by atoms with Crippen LogP contribution in [0.5, 0.6) is 5.75 Å². The van der Waals surface area contributed by atoms with E-state index in [-0.39, 0.29) is 29.3 Å². The summed E-state index contributed by atoms with van der Waals surface area (Å²) in [6.07, 6.45) is 8.09. The Morgan fingerprint density at radius 3 is 2.61 bits per heavy atom. The van der Waals surface area contributed by atoms with Crippen LogP contribution in [0.3, 0.4) is 0 Å². The highest BCUT2D eigenvalue weighted by molar-refractivity contribution is 5.76. The number of methoxy groups -OCH3 is 1. The molecule has 0 bridgehead atoms. The Hall–Kier alpha value is -2.27. The van der Waals surface area contributed by atoms with Crippen molar-refractivity contribution in [3.8, 4) is 5.75 Å². The standard InChI is InChI=1S/C26H34N2O3/c1-18-5-4-10-26(2)16-24-21(15-23(18)26)22(25(29)31-24)17-27-11-13-28(14-12-27)19-6-8-20(30-3)9-7-19/h5-9,15,21-22,24H,4,10-14,16-17H2,1-3H3/t21-,22-,24-,26-/m1/s1. The Morgan fingerprint density at radius 2 is 1.90 bits per heavy atom. The van der Waals surface area contributed by atoms with Gasteiger partial charge in [-0.3, -0.25) is 9.69 Å². The monoisotopic (exact) mass is 422 g/mol. The highest BCUT2D eigenvalue weighted by Gasteiger charge is 2.51. The maximum Gasteiger partial charge on any atom is 0.311 e. The number of carbonyl (C=O) groups is 1. The molecule has 2 saturated heterocycles. The van der Waals surface area contributed by atoms with E-state index < -0.39 is 0 Å². The van der Waals surface area contributed by atoms with Gasteiger partial charge in [-0.25, -0.2) is 0 Å². The summed E-state index contributed by atoms with van der Waals surface area (Å²) in [6, 6.07) is 8.28. The number of carbonyl (C=O) groups excluding carboxylic acids is 1. The van der Waals surface area contributed by atoms with E-state index in [4.69, 9.17) is 9.47 Å². The maximum atomic E-state index is 12.8. The van der Waals surface area contributed by atoms with Crippen molar-refractivity contribution in [2.24, 2.45) is 17.3 Å². The normalized spacial score (nSPS) is 33.2. The van der Waals surface area contributed by atoms with Crippen LogP contribution < -0.4 is 9.64 Å². The van der Waals surface area contributed by atoms with Crippen LogP contribution in [0.1, 0.15) is 33.1 Å². The predicted octanol–water partition coefficient (Wildman–Crippen LogP) is 4.05. The van der Waals surface area contributed by atoms with Gasteiger partial charge >= 0.3 is 5.97 Å². The molecule has 2 aliphatic heterocycles. The van der Waals surface area contributed by atoms with E-state index in [9.17, 15) is 4.79 Å². The van der Waals surface area contributed by atoms with Crippen LogP contribution in [0.15, 0.2) is 47.6 Å². The first-order chi connectivity index (χ1) is 15.0. The molecule has 0 spiro atoms. The lowest BCUT2D eigenvalue weighted by molar-refractivity contribution is -0.145. The lowest BCUT2D eigenvalue weighted by atomic mass is 9.62. The minimum atomic E-state index is -0.0377. The SMILES string of the molecule is COc1ccc(N2CCN(C[C@H]3C(=O)O[C@@H]4C[C@@]5(C)CCC=C(C)C5=C[C@@H]43)CC2)cc1. The van der Waals surface area contributed by atoms with Gasteiger partial charge in [-0.15, -0.1) is 0 Å². The molecule has 5 rings (SSSR count). The fourth-order valence-electron chi connectivity index (χ4n) is 6.10. The lowest BCUT2D eigenvalue weighted by Gasteiger charge is -2.43. The second-order valence-corrected chi connectivity index (χ2v) is 9.92. The van der Waals surface area contributed by atoms with Crippen LogP contribution in [0, 0.1) is 17.3 Å². The number of fused-ring (bicyclic) bond motifs is 2. The van der Waals surface area contributed by atoms with Gasteiger partial charge in [0.25, 0.3) is 0 Å². The molecule has 31 heavy (non-hydrogen) atoms. The summed E-state index contributed by atoms with van der Waals surface area (Å²) in [7, 11) is 1.70. The topological polar surface area (TPSA) is 42.0 Å². The van der Waals surface area contributed by atoms with Crippen molar-refractivity contribution in [1.82, 2.24) is 4.90 Å². The largest absolute Gasteiger partial charge is 0.497 e. The Bertz CT molecular complexity index is 898. The van der Waals surface area contributed by atoms with Gasteiger partial charge in [0.15, 0.2) is 0 Å². The highest BCUT2D eigenvalue weighted by atomic mass is 16.6. The minimum Gasteiger partial charge on any atom is -0.497 e. The van der Waals surface area contributed by atoms with Gasteiger partial charge in [0.2, 0.25) is 0 Å². The van der Waals surface area contributed by atoms with E-state index >= 15 is 0 Å². The van der Waals surface area contributed by atoms with Crippen LogP contribution in [0.25, 0.3) is 0 Å². The first-order valence-electron chi connectivity index (χ1n) is 11.7. The van der Waals surface area contributed by atoms with Gasteiger partial charge in [0, 0.05) is 44.3 Å². The molecule has 0 radical (unpaired) electrons.